The van der Waals surface area contributed by atoms with E-state index in [9.17, 15) is 19.2 Å². The summed E-state index contributed by atoms with van der Waals surface area (Å²) in [4.78, 5) is 49.6. The van der Waals surface area contributed by atoms with E-state index in [1.54, 1.807) is 0 Å². The van der Waals surface area contributed by atoms with Crippen molar-refractivity contribution < 1.29 is 42.9 Å². The maximum Gasteiger partial charge on any atom is 0.305 e. The molecule has 3 heterocycles. The molecular weight excluding hydrogens is 468 g/mol. The van der Waals surface area contributed by atoms with Gasteiger partial charge in [0.05, 0.1) is 5.41 Å². The van der Waals surface area contributed by atoms with Crippen molar-refractivity contribution in [2.24, 2.45) is 22.7 Å². The van der Waals surface area contributed by atoms with Gasteiger partial charge in [0, 0.05) is 56.9 Å². The monoisotopic (exact) mass is 502 g/mol. The Balaban J connectivity index is 1.54. The van der Waals surface area contributed by atoms with Crippen LogP contribution >= 0.6 is 0 Å². The average molecular weight is 503 g/mol. The number of carbonyl (C=O) groups is 4. The standard InChI is InChI=1S/C27H34O9/c1-14(28)19-10-21-27(35-21)20-7-6-18-11-25(34-17(4)31)9-8-23(18,5)26(20,36-25)22(33-16(3)30)12-24(19,27)13-32-15(2)29/h10,18,20-22H,6-9,11-13H2,1-5H3. The maximum atomic E-state index is 12.9. The Labute approximate surface area is 210 Å². The van der Waals surface area contributed by atoms with Gasteiger partial charge in [0.1, 0.15) is 30.0 Å². The topological polar surface area (TPSA) is 118 Å². The van der Waals surface area contributed by atoms with E-state index in [1.807, 2.05) is 6.08 Å². The van der Waals surface area contributed by atoms with E-state index >= 15 is 0 Å². The molecule has 9 heteroatoms. The molecule has 196 valence electrons. The van der Waals surface area contributed by atoms with Crippen molar-refractivity contribution >= 4 is 23.7 Å². The highest BCUT2D eigenvalue weighted by Gasteiger charge is 2.89. The Morgan fingerprint density at radius 2 is 1.72 bits per heavy atom. The van der Waals surface area contributed by atoms with Gasteiger partial charge in [-0.1, -0.05) is 6.92 Å². The summed E-state index contributed by atoms with van der Waals surface area (Å²) in [5, 5.41) is 0. The second-order valence-corrected chi connectivity index (χ2v) is 12.0. The first-order chi connectivity index (χ1) is 16.9. The molecule has 7 rings (SSSR count). The smallest absolute Gasteiger partial charge is 0.305 e. The van der Waals surface area contributed by atoms with E-state index in [0.717, 1.165) is 19.3 Å². The predicted molar refractivity (Wildman–Crippen MR) is 122 cm³/mol. The van der Waals surface area contributed by atoms with Crippen molar-refractivity contribution in [3.8, 4) is 0 Å². The van der Waals surface area contributed by atoms with E-state index in [0.29, 0.717) is 18.4 Å². The second kappa shape index (κ2) is 7.19. The molecule has 9 atom stereocenters. The Morgan fingerprint density at radius 3 is 2.36 bits per heavy atom. The van der Waals surface area contributed by atoms with Crippen molar-refractivity contribution in [3.05, 3.63) is 11.6 Å². The lowest BCUT2D eigenvalue weighted by molar-refractivity contribution is -0.435. The number of hydrogen-bond acceptors (Lipinski definition) is 9. The highest BCUT2D eigenvalue weighted by atomic mass is 16.7. The molecule has 2 spiro atoms. The van der Waals surface area contributed by atoms with Crippen molar-refractivity contribution in [3.63, 3.8) is 0 Å². The minimum Gasteiger partial charge on any atom is -0.465 e. The van der Waals surface area contributed by atoms with Gasteiger partial charge in [0.2, 0.25) is 5.79 Å². The number of ketones is 1. The summed E-state index contributed by atoms with van der Waals surface area (Å²) >= 11 is 0. The molecular formula is C27H34O9. The summed E-state index contributed by atoms with van der Waals surface area (Å²) in [7, 11) is 0. The molecule has 3 aliphatic heterocycles. The Morgan fingerprint density at radius 1 is 0.972 bits per heavy atom. The van der Waals surface area contributed by atoms with E-state index in [-0.39, 0.29) is 42.2 Å². The number of hydrogen-bond donors (Lipinski definition) is 0. The second-order valence-electron chi connectivity index (χ2n) is 12.0. The molecule has 0 N–H and O–H groups in total. The summed E-state index contributed by atoms with van der Waals surface area (Å²) in [6.45, 7) is 7.78. The molecule has 0 radical (unpaired) electrons. The molecule has 0 amide bonds. The predicted octanol–water partition coefficient (Wildman–Crippen LogP) is 2.78. The highest BCUT2D eigenvalue weighted by Crippen LogP contribution is 2.79. The van der Waals surface area contributed by atoms with E-state index < -0.39 is 46.4 Å². The third-order valence-electron chi connectivity index (χ3n) is 10.4. The fraction of sp³-hybridized carbons (Fsp3) is 0.778. The lowest BCUT2D eigenvalue weighted by Crippen LogP contribution is -2.82. The number of esters is 3. The maximum absolute atomic E-state index is 12.9. The summed E-state index contributed by atoms with van der Waals surface area (Å²) < 4.78 is 31.1. The zero-order valence-electron chi connectivity index (χ0n) is 21.5. The van der Waals surface area contributed by atoms with Gasteiger partial charge in [-0.3, -0.25) is 19.2 Å². The number of fused-ring (bicyclic) bond motifs is 1. The Hall–Kier alpha value is -2.26. The Kier molecular flexibility index (Phi) is 4.81. The van der Waals surface area contributed by atoms with E-state index in [2.05, 4.69) is 6.92 Å². The van der Waals surface area contributed by atoms with Gasteiger partial charge in [0.25, 0.3) is 0 Å². The van der Waals surface area contributed by atoms with Crippen molar-refractivity contribution in [1.82, 2.24) is 0 Å². The first-order valence-electron chi connectivity index (χ1n) is 13.0. The van der Waals surface area contributed by atoms with E-state index in [4.69, 9.17) is 23.7 Å². The number of rotatable bonds is 5. The van der Waals surface area contributed by atoms with Crippen LogP contribution in [0.25, 0.3) is 0 Å². The van der Waals surface area contributed by atoms with Crippen LogP contribution in [0.15, 0.2) is 11.6 Å². The van der Waals surface area contributed by atoms with Crippen LogP contribution in [0.5, 0.6) is 0 Å². The zero-order chi connectivity index (χ0) is 25.9. The fourth-order valence-corrected chi connectivity index (χ4v) is 9.28. The summed E-state index contributed by atoms with van der Waals surface area (Å²) in [5.41, 5.74) is -2.53. The molecule has 0 aromatic carbocycles. The van der Waals surface area contributed by atoms with Gasteiger partial charge >= 0.3 is 17.9 Å². The summed E-state index contributed by atoms with van der Waals surface area (Å²) in [6, 6.07) is 0. The van der Waals surface area contributed by atoms with Gasteiger partial charge in [-0.2, -0.15) is 0 Å². The molecule has 36 heavy (non-hydrogen) atoms. The number of carbonyl (C=O) groups excluding carboxylic acids is 4. The van der Waals surface area contributed by atoms with Crippen LogP contribution in [-0.4, -0.2) is 59.5 Å². The van der Waals surface area contributed by atoms with E-state index in [1.165, 1.54) is 27.7 Å². The first-order valence-corrected chi connectivity index (χ1v) is 13.0. The first kappa shape index (κ1) is 24.1. The normalized spacial score (nSPS) is 49.1. The van der Waals surface area contributed by atoms with Gasteiger partial charge in [-0.15, -0.1) is 0 Å². The quantitative estimate of drug-likeness (QED) is 0.318. The summed E-state index contributed by atoms with van der Waals surface area (Å²) in [5.74, 6) is -2.55. The van der Waals surface area contributed by atoms with Crippen molar-refractivity contribution in [1.29, 1.82) is 0 Å². The van der Waals surface area contributed by atoms with Crippen LogP contribution < -0.4 is 0 Å². The molecule has 9 nitrogen and oxygen atoms in total. The average Bonchev–Trinajstić information content (AvgIpc) is 3.41. The molecule has 7 aliphatic rings. The number of Topliss-reactive ketones (excluding diaryl/α,β-unsaturated/α-hetero) is 1. The zero-order valence-corrected chi connectivity index (χ0v) is 21.5. The lowest BCUT2D eigenvalue weighted by atomic mass is 9.39. The van der Waals surface area contributed by atoms with Gasteiger partial charge in [-0.05, 0) is 38.2 Å². The molecule has 9 unspecified atom stereocenters. The van der Waals surface area contributed by atoms with Gasteiger partial charge < -0.3 is 23.7 Å². The fourth-order valence-electron chi connectivity index (χ4n) is 9.28. The van der Waals surface area contributed by atoms with Crippen LogP contribution in [-0.2, 0) is 42.9 Å². The molecule has 3 saturated heterocycles. The van der Waals surface area contributed by atoms with Crippen molar-refractivity contribution in [2.75, 3.05) is 6.61 Å². The Bertz CT molecular complexity index is 1110. The molecule has 0 aromatic heterocycles. The SMILES string of the molecule is CC(=O)OCC12CC(OC(C)=O)C34OC5(OC(C)=O)CCC3(C)C(CCC4C13OC3C=C2C(C)=O)C5. The largest absolute Gasteiger partial charge is 0.465 e. The minimum absolute atomic E-state index is 0.0379. The third kappa shape index (κ3) is 2.68. The van der Waals surface area contributed by atoms with Crippen LogP contribution in [0, 0.1) is 22.7 Å². The van der Waals surface area contributed by atoms with Crippen LogP contribution in [0.3, 0.4) is 0 Å². The number of epoxide rings is 1. The van der Waals surface area contributed by atoms with Gasteiger partial charge in [0.15, 0.2) is 5.78 Å². The minimum atomic E-state index is -1.09. The highest BCUT2D eigenvalue weighted by molar-refractivity contribution is 5.97. The molecule has 6 fully saturated rings. The van der Waals surface area contributed by atoms with Crippen molar-refractivity contribution in [2.45, 2.75) is 102 Å². The molecule has 4 aliphatic carbocycles. The number of ether oxygens (including phenoxy) is 5. The molecule has 4 bridgehead atoms. The van der Waals surface area contributed by atoms with Gasteiger partial charge in [-0.25, -0.2) is 0 Å². The molecule has 3 saturated carbocycles. The summed E-state index contributed by atoms with van der Waals surface area (Å²) in [6.07, 6.45) is 4.58. The van der Waals surface area contributed by atoms with Crippen LogP contribution in [0.2, 0.25) is 0 Å². The third-order valence-corrected chi connectivity index (χ3v) is 10.4. The van der Waals surface area contributed by atoms with Crippen LogP contribution in [0.4, 0.5) is 0 Å². The lowest BCUT2D eigenvalue weighted by Gasteiger charge is -2.74. The molecule has 0 aromatic rings. The van der Waals surface area contributed by atoms with Crippen LogP contribution in [0.1, 0.15) is 73.1 Å².